The van der Waals surface area contributed by atoms with Gasteiger partial charge in [0.1, 0.15) is 6.61 Å². The number of hydrogen-bond donors (Lipinski definition) is 0. The number of likely N-dealkylation sites (N-methyl/N-ethyl adjacent to an activating group) is 1. The number of nitrogens with zero attached hydrogens (tertiary/aromatic N) is 1. The van der Waals surface area contributed by atoms with Crippen LogP contribution in [0.5, 0.6) is 0 Å². The third-order valence-electron chi connectivity index (χ3n) is 2.83. The molecular formula is C14H17NO2S. The summed E-state index contributed by atoms with van der Waals surface area (Å²) in [5.41, 5.74) is 1.28. The molecule has 1 heterocycles. The Morgan fingerprint density at radius 1 is 1.33 bits per heavy atom. The molecule has 0 bridgehead atoms. The van der Waals surface area contributed by atoms with Crippen LogP contribution < -0.4 is 0 Å². The van der Waals surface area contributed by atoms with Crippen LogP contribution in [0.2, 0.25) is 0 Å². The molecule has 0 aliphatic carbocycles. The Labute approximate surface area is 111 Å². The Hall–Kier alpha value is -1.39. The second kappa shape index (κ2) is 5.98. The second-order valence-electron chi connectivity index (χ2n) is 4.34. The molecule has 0 spiro atoms. The van der Waals surface area contributed by atoms with Gasteiger partial charge in [0, 0.05) is 18.8 Å². The summed E-state index contributed by atoms with van der Waals surface area (Å²) in [6.07, 6.45) is 0.842. The number of hydrogen-bond acceptors (Lipinski definition) is 3. The van der Waals surface area contributed by atoms with Gasteiger partial charge in [-0.05, 0) is 34.9 Å². The number of ether oxygens (including phenoxy) is 1. The van der Waals surface area contributed by atoms with Crippen molar-refractivity contribution in [2.75, 3.05) is 27.3 Å². The van der Waals surface area contributed by atoms with Gasteiger partial charge in [-0.15, -0.1) is 11.3 Å². The standard InChI is InChI=1S/C14H17NO2S/c1-15(2)14(16)10-17-8-6-11-4-3-5-13-12(11)7-9-18-13/h3-5,7,9H,6,8,10H2,1-2H3. The van der Waals surface area contributed by atoms with Crippen LogP contribution in [-0.2, 0) is 16.0 Å². The molecule has 2 rings (SSSR count). The molecule has 2 aromatic rings. The largest absolute Gasteiger partial charge is 0.371 e. The van der Waals surface area contributed by atoms with Gasteiger partial charge in [0.2, 0.25) is 5.91 Å². The van der Waals surface area contributed by atoms with Crippen LogP contribution in [0.1, 0.15) is 5.56 Å². The first-order valence-corrected chi connectivity index (χ1v) is 6.79. The number of benzene rings is 1. The highest BCUT2D eigenvalue weighted by Gasteiger charge is 2.05. The first-order valence-electron chi connectivity index (χ1n) is 5.91. The van der Waals surface area contributed by atoms with Crippen LogP contribution in [-0.4, -0.2) is 38.1 Å². The smallest absolute Gasteiger partial charge is 0.248 e. The lowest BCUT2D eigenvalue weighted by atomic mass is 10.1. The van der Waals surface area contributed by atoms with E-state index in [9.17, 15) is 4.79 Å². The molecular weight excluding hydrogens is 246 g/mol. The number of rotatable bonds is 5. The molecule has 0 atom stereocenters. The van der Waals surface area contributed by atoms with Crippen molar-refractivity contribution in [2.45, 2.75) is 6.42 Å². The molecule has 0 aliphatic rings. The number of carbonyl (C=O) groups excluding carboxylic acids is 1. The first kappa shape index (κ1) is 13.1. The highest BCUT2D eigenvalue weighted by atomic mass is 32.1. The van der Waals surface area contributed by atoms with E-state index in [1.54, 1.807) is 30.3 Å². The fraction of sp³-hybridized carbons (Fsp3) is 0.357. The zero-order valence-electron chi connectivity index (χ0n) is 10.7. The molecule has 0 aliphatic heterocycles. The van der Waals surface area contributed by atoms with Crippen molar-refractivity contribution in [3.8, 4) is 0 Å². The molecule has 0 saturated carbocycles. The van der Waals surface area contributed by atoms with E-state index in [0.29, 0.717) is 6.61 Å². The van der Waals surface area contributed by atoms with Crippen LogP contribution in [0.4, 0.5) is 0 Å². The lowest BCUT2D eigenvalue weighted by Gasteiger charge is -2.10. The van der Waals surface area contributed by atoms with Crippen LogP contribution in [0.15, 0.2) is 29.6 Å². The highest BCUT2D eigenvalue weighted by Crippen LogP contribution is 2.24. The summed E-state index contributed by atoms with van der Waals surface area (Å²) in [4.78, 5) is 12.9. The van der Waals surface area contributed by atoms with Crippen LogP contribution in [0.3, 0.4) is 0 Å². The summed E-state index contributed by atoms with van der Waals surface area (Å²) in [5, 5.41) is 3.40. The summed E-state index contributed by atoms with van der Waals surface area (Å²) >= 11 is 1.75. The fourth-order valence-electron chi connectivity index (χ4n) is 1.75. The van der Waals surface area contributed by atoms with Gasteiger partial charge in [-0.1, -0.05) is 12.1 Å². The quantitative estimate of drug-likeness (QED) is 0.776. The maximum atomic E-state index is 11.3. The summed E-state index contributed by atoms with van der Waals surface area (Å²) in [6.45, 7) is 0.737. The van der Waals surface area contributed by atoms with E-state index in [4.69, 9.17) is 4.74 Å². The average molecular weight is 263 g/mol. The zero-order valence-corrected chi connectivity index (χ0v) is 11.5. The fourth-order valence-corrected chi connectivity index (χ4v) is 2.58. The van der Waals surface area contributed by atoms with Crippen molar-refractivity contribution < 1.29 is 9.53 Å². The first-order chi connectivity index (χ1) is 8.68. The third-order valence-corrected chi connectivity index (χ3v) is 3.71. The van der Waals surface area contributed by atoms with Gasteiger partial charge in [0.25, 0.3) is 0 Å². The van der Waals surface area contributed by atoms with Crippen molar-refractivity contribution >= 4 is 27.3 Å². The highest BCUT2D eigenvalue weighted by molar-refractivity contribution is 7.17. The number of fused-ring (bicyclic) bond motifs is 1. The Kier molecular flexibility index (Phi) is 4.33. The summed E-state index contributed by atoms with van der Waals surface area (Å²) in [7, 11) is 3.47. The zero-order chi connectivity index (χ0) is 13.0. The number of amides is 1. The van der Waals surface area contributed by atoms with Crippen LogP contribution in [0, 0.1) is 0 Å². The summed E-state index contributed by atoms with van der Waals surface area (Å²) in [6, 6.07) is 8.45. The van der Waals surface area contributed by atoms with Gasteiger partial charge >= 0.3 is 0 Å². The Morgan fingerprint density at radius 3 is 2.94 bits per heavy atom. The Balaban J connectivity index is 1.87. The van der Waals surface area contributed by atoms with E-state index in [1.165, 1.54) is 15.6 Å². The van der Waals surface area contributed by atoms with E-state index in [0.717, 1.165) is 6.42 Å². The van der Waals surface area contributed by atoms with Gasteiger partial charge in [0.15, 0.2) is 0 Å². The molecule has 0 unspecified atom stereocenters. The average Bonchev–Trinajstić information content (AvgIpc) is 2.83. The lowest BCUT2D eigenvalue weighted by Crippen LogP contribution is -2.26. The molecule has 1 aromatic heterocycles. The molecule has 1 amide bonds. The van der Waals surface area contributed by atoms with Gasteiger partial charge < -0.3 is 9.64 Å². The van der Waals surface area contributed by atoms with Crippen molar-refractivity contribution in [1.82, 2.24) is 4.90 Å². The molecule has 1 aromatic carbocycles. The lowest BCUT2D eigenvalue weighted by molar-refractivity contribution is -0.133. The minimum absolute atomic E-state index is 0.00346. The molecule has 0 N–H and O–H groups in total. The number of thiophene rings is 1. The normalized spacial score (nSPS) is 10.8. The van der Waals surface area contributed by atoms with Gasteiger partial charge in [0.05, 0.1) is 6.61 Å². The Bertz CT molecular complexity index is 533. The third kappa shape index (κ3) is 3.09. The van der Waals surface area contributed by atoms with Crippen LogP contribution >= 0.6 is 11.3 Å². The predicted octanol–water partition coefficient (Wildman–Crippen LogP) is 2.55. The van der Waals surface area contributed by atoms with Gasteiger partial charge in [-0.25, -0.2) is 0 Å². The van der Waals surface area contributed by atoms with E-state index in [2.05, 4.69) is 29.6 Å². The van der Waals surface area contributed by atoms with Crippen molar-refractivity contribution in [1.29, 1.82) is 0 Å². The maximum Gasteiger partial charge on any atom is 0.248 e. The van der Waals surface area contributed by atoms with Gasteiger partial charge in [-0.3, -0.25) is 4.79 Å². The molecule has 3 nitrogen and oxygen atoms in total. The van der Waals surface area contributed by atoms with E-state index < -0.39 is 0 Å². The maximum absolute atomic E-state index is 11.3. The second-order valence-corrected chi connectivity index (χ2v) is 5.29. The van der Waals surface area contributed by atoms with Crippen molar-refractivity contribution in [3.05, 3.63) is 35.2 Å². The SMILES string of the molecule is CN(C)C(=O)COCCc1cccc2sccc12. The topological polar surface area (TPSA) is 29.5 Å². The molecule has 4 heteroatoms. The van der Waals surface area contributed by atoms with E-state index >= 15 is 0 Å². The minimum atomic E-state index is 0.00346. The molecule has 0 saturated heterocycles. The summed E-state index contributed by atoms with van der Waals surface area (Å²) in [5.74, 6) is 0.00346. The molecule has 96 valence electrons. The predicted molar refractivity (Wildman–Crippen MR) is 75.0 cm³/mol. The Morgan fingerprint density at radius 2 is 2.17 bits per heavy atom. The molecule has 0 radical (unpaired) electrons. The summed E-state index contributed by atoms with van der Waals surface area (Å²) < 4.78 is 6.70. The van der Waals surface area contributed by atoms with E-state index in [1.807, 2.05) is 0 Å². The molecule has 0 fully saturated rings. The van der Waals surface area contributed by atoms with Gasteiger partial charge in [-0.2, -0.15) is 0 Å². The minimum Gasteiger partial charge on any atom is -0.371 e. The van der Waals surface area contributed by atoms with E-state index in [-0.39, 0.29) is 12.5 Å². The monoisotopic (exact) mass is 263 g/mol. The molecule has 18 heavy (non-hydrogen) atoms. The van der Waals surface area contributed by atoms with Crippen molar-refractivity contribution in [3.63, 3.8) is 0 Å². The van der Waals surface area contributed by atoms with Crippen molar-refractivity contribution in [2.24, 2.45) is 0 Å². The number of carbonyl (C=O) groups is 1. The van der Waals surface area contributed by atoms with Crippen LogP contribution in [0.25, 0.3) is 10.1 Å².